The van der Waals surface area contributed by atoms with E-state index in [1.54, 1.807) is 5.38 Å². The summed E-state index contributed by atoms with van der Waals surface area (Å²) in [4.78, 5) is 28.3. The first kappa shape index (κ1) is 14.9. The van der Waals surface area contributed by atoms with Crippen LogP contribution in [0.4, 0.5) is 5.13 Å². The van der Waals surface area contributed by atoms with Crippen LogP contribution in [0.25, 0.3) is 0 Å². The van der Waals surface area contributed by atoms with Crippen molar-refractivity contribution in [1.82, 2.24) is 4.98 Å². The molecule has 20 heavy (non-hydrogen) atoms. The Hall–Kier alpha value is -1.52. The highest BCUT2D eigenvalue weighted by molar-refractivity contribution is 7.89. The summed E-state index contributed by atoms with van der Waals surface area (Å²) in [6, 6.07) is 0. The van der Waals surface area contributed by atoms with E-state index in [9.17, 15) is 18.0 Å². The van der Waals surface area contributed by atoms with Gasteiger partial charge in [-0.3, -0.25) is 14.5 Å². The predicted octanol–water partition coefficient (Wildman–Crippen LogP) is -0.748. The molecule has 1 fully saturated rings. The van der Waals surface area contributed by atoms with Gasteiger partial charge in [-0.2, -0.15) is 0 Å². The van der Waals surface area contributed by atoms with Crippen LogP contribution in [-0.4, -0.2) is 44.2 Å². The minimum absolute atomic E-state index is 0.00759. The average Bonchev–Trinajstić information content (AvgIpc) is 2.94. The number of amides is 1. The quantitative estimate of drug-likeness (QED) is 0.729. The average molecular weight is 319 g/mol. The van der Waals surface area contributed by atoms with Crippen LogP contribution in [0.3, 0.4) is 0 Å². The Bertz CT molecular complexity index is 639. The van der Waals surface area contributed by atoms with Crippen molar-refractivity contribution in [2.45, 2.75) is 18.1 Å². The van der Waals surface area contributed by atoms with Gasteiger partial charge in [0.1, 0.15) is 5.25 Å². The fourth-order valence-electron chi connectivity index (χ4n) is 1.80. The molecule has 0 spiro atoms. The van der Waals surface area contributed by atoms with Gasteiger partial charge in [-0.1, -0.05) is 0 Å². The molecule has 0 bridgehead atoms. The van der Waals surface area contributed by atoms with Crippen molar-refractivity contribution in [1.29, 1.82) is 0 Å². The van der Waals surface area contributed by atoms with Crippen molar-refractivity contribution in [2.75, 3.05) is 18.6 Å². The topological polar surface area (TPSA) is 120 Å². The Morgan fingerprint density at radius 3 is 2.90 bits per heavy atom. The molecule has 2 N–H and O–H groups in total. The van der Waals surface area contributed by atoms with Crippen LogP contribution in [0.5, 0.6) is 0 Å². The molecule has 0 saturated carbocycles. The third-order valence-corrected chi connectivity index (χ3v) is 5.04. The molecule has 1 unspecified atom stereocenters. The van der Waals surface area contributed by atoms with Gasteiger partial charge in [0.2, 0.25) is 15.9 Å². The smallest absolute Gasteiger partial charge is 0.311 e. The highest BCUT2D eigenvalue weighted by Gasteiger charge is 2.38. The molecular formula is C10H13N3O5S2. The Morgan fingerprint density at radius 2 is 2.35 bits per heavy atom. The Morgan fingerprint density at radius 1 is 1.65 bits per heavy atom. The molecular weight excluding hydrogens is 306 g/mol. The SMILES string of the molecule is COC(=O)Cc1csc(N2CC(S(N)(=O)=O)CC2=O)n1. The summed E-state index contributed by atoms with van der Waals surface area (Å²) >= 11 is 1.17. The van der Waals surface area contributed by atoms with Gasteiger partial charge >= 0.3 is 5.97 Å². The first-order valence-electron chi connectivity index (χ1n) is 5.64. The number of carbonyl (C=O) groups excluding carboxylic acids is 2. The van der Waals surface area contributed by atoms with Crippen molar-refractivity contribution in [3.05, 3.63) is 11.1 Å². The highest BCUT2D eigenvalue weighted by Crippen LogP contribution is 2.27. The van der Waals surface area contributed by atoms with Crippen LogP contribution in [0, 0.1) is 0 Å². The maximum Gasteiger partial charge on any atom is 0.311 e. The molecule has 10 heteroatoms. The lowest BCUT2D eigenvalue weighted by Gasteiger charge is -2.11. The zero-order valence-electron chi connectivity index (χ0n) is 10.6. The van der Waals surface area contributed by atoms with Crippen LogP contribution in [-0.2, 0) is 30.8 Å². The summed E-state index contributed by atoms with van der Waals surface area (Å²) < 4.78 is 27.1. The lowest BCUT2D eigenvalue weighted by Crippen LogP contribution is -2.32. The summed E-state index contributed by atoms with van der Waals surface area (Å²) in [5, 5.41) is 6.12. The number of esters is 1. The molecule has 0 radical (unpaired) electrons. The number of nitrogens with zero attached hydrogens (tertiary/aromatic N) is 2. The van der Waals surface area contributed by atoms with Gasteiger partial charge in [-0.25, -0.2) is 18.5 Å². The third-order valence-electron chi connectivity index (χ3n) is 2.88. The van der Waals surface area contributed by atoms with E-state index in [0.717, 1.165) is 0 Å². The molecule has 1 aliphatic rings. The van der Waals surface area contributed by atoms with Gasteiger partial charge in [-0.05, 0) is 0 Å². The molecule has 1 atom stereocenters. The summed E-state index contributed by atoms with van der Waals surface area (Å²) in [6.45, 7) is -0.0111. The minimum Gasteiger partial charge on any atom is -0.469 e. The summed E-state index contributed by atoms with van der Waals surface area (Å²) in [6.07, 6.45) is -0.140. The van der Waals surface area contributed by atoms with E-state index in [0.29, 0.717) is 10.8 Å². The van der Waals surface area contributed by atoms with Crippen molar-refractivity contribution < 1.29 is 22.7 Å². The third kappa shape index (κ3) is 3.14. The first-order chi connectivity index (χ1) is 9.31. The molecule has 1 aliphatic heterocycles. The van der Waals surface area contributed by atoms with Crippen LogP contribution in [0.1, 0.15) is 12.1 Å². The van der Waals surface area contributed by atoms with E-state index in [1.165, 1.54) is 23.3 Å². The van der Waals surface area contributed by atoms with Crippen LogP contribution >= 0.6 is 11.3 Å². The lowest BCUT2D eigenvalue weighted by atomic mass is 10.3. The number of ether oxygens (including phenoxy) is 1. The standard InChI is InChI=1S/C10H13N3O5S2/c1-18-9(15)2-6-5-19-10(12-6)13-4-7(3-8(13)14)20(11,16)17/h5,7H,2-4H2,1H3,(H2,11,16,17). The second-order valence-corrected chi connectivity index (χ2v) is 6.98. The molecule has 2 heterocycles. The van der Waals surface area contributed by atoms with Gasteiger partial charge in [0.15, 0.2) is 5.13 Å². The molecule has 1 aromatic heterocycles. The van der Waals surface area contributed by atoms with Gasteiger partial charge in [0.25, 0.3) is 0 Å². The van der Waals surface area contributed by atoms with Gasteiger partial charge in [-0.15, -0.1) is 11.3 Å². The van der Waals surface area contributed by atoms with E-state index < -0.39 is 21.2 Å². The molecule has 2 rings (SSSR count). The molecule has 110 valence electrons. The zero-order chi connectivity index (χ0) is 14.9. The molecule has 1 amide bonds. The van der Waals surface area contributed by atoms with E-state index in [4.69, 9.17) is 5.14 Å². The second-order valence-electron chi connectivity index (χ2n) is 4.29. The van der Waals surface area contributed by atoms with E-state index in [-0.39, 0.29) is 25.3 Å². The second kappa shape index (κ2) is 5.46. The largest absolute Gasteiger partial charge is 0.469 e. The number of carbonyl (C=O) groups is 2. The monoisotopic (exact) mass is 319 g/mol. The maximum absolute atomic E-state index is 11.8. The molecule has 0 aromatic carbocycles. The number of primary sulfonamides is 1. The molecule has 0 aliphatic carbocycles. The van der Waals surface area contributed by atoms with Crippen molar-refractivity contribution in [2.24, 2.45) is 5.14 Å². The van der Waals surface area contributed by atoms with Crippen LogP contribution < -0.4 is 10.0 Å². The number of hydrogen-bond donors (Lipinski definition) is 1. The number of anilines is 1. The lowest BCUT2D eigenvalue weighted by molar-refractivity contribution is -0.139. The molecule has 1 saturated heterocycles. The van der Waals surface area contributed by atoms with Crippen molar-refractivity contribution in [3.63, 3.8) is 0 Å². The fraction of sp³-hybridized carbons (Fsp3) is 0.500. The number of sulfonamides is 1. The van der Waals surface area contributed by atoms with Gasteiger partial charge in [0.05, 0.1) is 19.2 Å². The number of nitrogens with two attached hydrogens (primary N) is 1. The van der Waals surface area contributed by atoms with E-state index in [1.807, 2.05) is 0 Å². The minimum atomic E-state index is -3.75. The fourth-order valence-corrected chi connectivity index (χ4v) is 3.38. The van der Waals surface area contributed by atoms with Crippen molar-refractivity contribution in [3.8, 4) is 0 Å². The van der Waals surface area contributed by atoms with Crippen molar-refractivity contribution >= 4 is 38.4 Å². The normalized spacial score (nSPS) is 19.4. The highest BCUT2D eigenvalue weighted by atomic mass is 32.2. The van der Waals surface area contributed by atoms with E-state index in [2.05, 4.69) is 9.72 Å². The van der Waals surface area contributed by atoms with Gasteiger partial charge in [0, 0.05) is 18.3 Å². The summed E-state index contributed by atoms with van der Waals surface area (Å²) in [5.74, 6) is -0.778. The number of methoxy groups -OCH3 is 1. The van der Waals surface area contributed by atoms with Crippen LogP contribution in [0.2, 0.25) is 0 Å². The summed E-state index contributed by atoms with van der Waals surface area (Å²) in [5.41, 5.74) is 0.476. The number of aromatic nitrogens is 1. The number of thiazole rings is 1. The van der Waals surface area contributed by atoms with Crippen LogP contribution in [0.15, 0.2) is 5.38 Å². The van der Waals surface area contributed by atoms with E-state index >= 15 is 0 Å². The number of rotatable bonds is 4. The predicted molar refractivity (Wildman–Crippen MR) is 71.7 cm³/mol. The molecule has 8 nitrogen and oxygen atoms in total. The Labute approximate surface area is 119 Å². The summed E-state index contributed by atoms with van der Waals surface area (Å²) in [7, 11) is -2.48. The Kier molecular flexibility index (Phi) is 4.06. The van der Waals surface area contributed by atoms with Gasteiger partial charge < -0.3 is 4.74 Å². The first-order valence-corrected chi connectivity index (χ1v) is 8.13. The zero-order valence-corrected chi connectivity index (χ0v) is 12.2. The molecule has 1 aromatic rings. The maximum atomic E-state index is 11.8. The Balaban J connectivity index is 2.13. The number of hydrogen-bond acceptors (Lipinski definition) is 7.